The molecule has 2 aromatic rings. The largest absolute Gasteiger partial charge is 0.368 e. The highest BCUT2D eigenvalue weighted by atomic mass is 19.1. The first-order valence-electron chi connectivity index (χ1n) is 5.94. The summed E-state index contributed by atoms with van der Waals surface area (Å²) in [5, 5.41) is 8.98. The van der Waals surface area contributed by atoms with Gasteiger partial charge in [0.25, 0.3) is 5.91 Å². The Bertz CT molecular complexity index is 641. The number of nitrogens with zero attached hydrogens (tertiary/aromatic N) is 3. The van der Waals surface area contributed by atoms with Gasteiger partial charge in [-0.2, -0.15) is 5.10 Å². The number of hydrogen-bond acceptors (Lipinski definition) is 4. The minimum absolute atomic E-state index is 0.0686. The predicted molar refractivity (Wildman–Crippen MR) is 68.8 cm³/mol. The standard InChI is InChI=1S/C12H13F2N5O/c1-3-16-10-7(13)6-8(14)11(17-10)19-5-4-9(18-19)12(20)15-2/h4-6H,3H2,1-2H3,(H,15,20)(H,16,17). The molecule has 1 amide bonds. The van der Waals surface area contributed by atoms with Gasteiger partial charge in [0.1, 0.15) is 0 Å². The third kappa shape index (κ3) is 2.58. The molecule has 20 heavy (non-hydrogen) atoms. The summed E-state index contributed by atoms with van der Waals surface area (Å²) in [6.45, 7) is 2.21. The maximum atomic E-state index is 13.8. The monoisotopic (exact) mass is 281 g/mol. The van der Waals surface area contributed by atoms with E-state index in [1.54, 1.807) is 6.92 Å². The molecule has 0 aromatic carbocycles. The van der Waals surface area contributed by atoms with Gasteiger partial charge in [0, 0.05) is 25.9 Å². The predicted octanol–water partition coefficient (Wildman–Crippen LogP) is 1.34. The molecular formula is C12H13F2N5O. The Morgan fingerprint density at radius 2 is 2.15 bits per heavy atom. The number of aromatic nitrogens is 3. The van der Waals surface area contributed by atoms with Crippen LogP contribution in [0.1, 0.15) is 17.4 Å². The van der Waals surface area contributed by atoms with Gasteiger partial charge in [0.2, 0.25) is 0 Å². The van der Waals surface area contributed by atoms with E-state index in [0.717, 1.165) is 10.7 Å². The van der Waals surface area contributed by atoms with Gasteiger partial charge in [-0.15, -0.1) is 0 Å². The molecule has 0 unspecified atom stereocenters. The van der Waals surface area contributed by atoms with Crippen LogP contribution in [-0.4, -0.2) is 34.3 Å². The van der Waals surface area contributed by atoms with Gasteiger partial charge in [-0.3, -0.25) is 4.79 Å². The summed E-state index contributed by atoms with van der Waals surface area (Å²) in [5.74, 6) is -2.31. The van der Waals surface area contributed by atoms with Crippen molar-refractivity contribution in [2.24, 2.45) is 0 Å². The average molecular weight is 281 g/mol. The molecule has 0 radical (unpaired) electrons. The van der Waals surface area contributed by atoms with Crippen LogP contribution in [0.15, 0.2) is 18.3 Å². The van der Waals surface area contributed by atoms with Crippen molar-refractivity contribution in [2.75, 3.05) is 18.9 Å². The summed E-state index contributed by atoms with van der Waals surface area (Å²) in [6, 6.07) is 2.14. The highest BCUT2D eigenvalue weighted by molar-refractivity contribution is 5.91. The first-order valence-corrected chi connectivity index (χ1v) is 5.94. The van der Waals surface area contributed by atoms with Gasteiger partial charge in [-0.25, -0.2) is 18.4 Å². The lowest BCUT2D eigenvalue weighted by atomic mass is 10.4. The van der Waals surface area contributed by atoms with E-state index >= 15 is 0 Å². The van der Waals surface area contributed by atoms with E-state index in [9.17, 15) is 13.6 Å². The van der Waals surface area contributed by atoms with Crippen LogP contribution in [-0.2, 0) is 0 Å². The Morgan fingerprint density at radius 1 is 1.40 bits per heavy atom. The molecule has 2 heterocycles. The number of anilines is 1. The van der Waals surface area contributed by atoms with E-state index in [1.807, 2.05) is 0 Å². The van der Waals surface area contributed by atoms with Crippen molar-refractivity contribution < 1.29 is 13.6 Å². The summed E-state index contributed by atoms with van der Waals surface area (Å²) in [7, 11) is 1.46. The van der Waals surface area contributed by atoms with Gasteiger partial charge >= 0.3 is 0 Å². The molecule has 0 aliphatic carbocycles. The Balaban J connectivity index is 2.44. The van der Waals surface area contributed by atoms with Crippen LogP contribution < -0.4 is 10.6 Å². The minimum Gasteiger partial charge on any atom is -0.368 e. The van der Waals surface area contributed by atoms with Crippen molar-refractivity contribution in [3.05, 3.63) is 35.7 Å². The molecule has 0 spiro atoms. The van der Waals surface area contributed by atoms with Crippen LogP contribution in [0.25, 0.3) is 5.82 Å². The van der Waals surface area contributed by atoms with Crippen molar-refractivity contribution in [1.82, 2.24) is 20.1 Å². The van der Waals surface area contributed by atoms with Crippen molar-refractivity contribution in [2.45, 2.75) is 6.92 Å². The Kier molecular flexibility index (Phi) is 3.92. The van der Waals surface area contributed by atoms with E-state index in [1.165, 1.54) is 19.3 Å². The lowest BCUT2D eigenvalue weighted by Crippen LogP contribution is -2.18. The zero-order chi connectivity index (χ0) is 14.7. The number of amides is 1. The zero-order valence-corrected chi connectivity index (χ0v) is 10.9. The maximum absolute atomic E-state index is 13.8. The van der Waals surface area contributed by atoms with Crippen LogP contribution in [0.4, 0.5) is 14.6 Å². The smallest absolute Gasteiger partial charge is 0.271 e. The van der Waals surface area contributed by atoms with E-state index in [4.69, 9.17) is 0 Å². The van der Waals surface area contributed by atoms with E-state index in [-0.39, 0.29) is 17.3 Å². The fourth-order valence-electron chi connectivity index (χ4n) is 1.60. The number of pyridine rings is 1. The molecule has 2 aromatic heterocycles. The van der Waals surface area contributed by atoms with Crippen LogP contribution in [0.2, 0.25) is 0 Å². The molecule has 2 rings (SSSR count). The summed E-state index contributed by atoms with van der Waals surface area (Å²) in [6.07, 6.45) is 1.38. The molecule has 0 aliphatic heterocycles. The average Bonchev–Trinajstić information content (AvgIpc) is 2.90. The molecule has 0 fully saturated rings. The molecule has 0 aliphatic rings. The molecule has 0 atom stereocenters. The van der Waals surface area contributed by atoms with Crippen LogP contribution in [0.3, 0.4) is 0 Å². The molecular weight excluding hydrogens is 268 g/mol. The summed E-state index contributed by atoms with van der Waals surface area (Å²) >= 11 is 0. The van der Waals surface area contributed by atoms with Gasteiger partial charge in [-0.1, -0.05) is 0 Å². The third-order valence-corrected chi connectivity index (χ3v) is 2.52. The quantitative estimate of drug-likeness (QED) is 0.887. The Labute approximate surface area is 113 Å². The number of hydrogen-bond donors (Lipinski definition) is 2. The number of halogens is 2. The topological polar surface area (TPSA) is 71.8 Å². The molecule has 8 heteroatoms. The SMILES string of the molecule is CCNc1nc(-n2ccc(C(=O)NC)n2)c(F)cc1F. The van der Waals surface area contributed by atoms with Gasteiger partial charge < -0.3 is 10.6 Å². The second-order valence-corrected chi connectivity index (χ2v) is 3.88. The lowest BCUT2D eigenvalue weighted by Gasteiger charge is -2.08. The third-order valence-electron chi connectivity index (χ3n) is 2.52. The first-order chi connectivity index (χ1) is 9.56. The fraction of sp³-hybridized carbons (Fsp3) is 0.250. The van der Waals surface area contributed by atoms with Crippen molar-refractivity contribution in [1.29, 1.82) is 0 Å². The first kappa shape index (κ1) is 13.9. The summed E-state index contributed by atoms with van der Waals surface area (Å²) in [5.41, 5.74) is 0.114. The highest BCUT2D eigenvalue weighted by Gasteiger charge is 2.15. The number of carbonyl (C=O) groups excluding carboxylic acids is 1. The molecule has 106 valence electrons. The van der Waals surface area contributed by atoms with Crippen molar-refractivity contribution in [3.8, 4) is 5.82 Å². The van der Waals surface area contributed by atoms with E-state index < -0.39 is 17.5 Å². The second-order valence-electron chi connectivity index (χ2n) is 3.88. The Hall–Kier alpha value is -2.51. The highest BCUT2D eigenvalue weighted by Crippen LogP contribution is 2.18. The van der Waals surface area contributed by atoms with Crippen molar-refractivity contribution in [3.63, 3.8) is 0 Å². The lowest BCUT2D eigenvalue weighted by molar-refractivity contribution is 0.0957. The second kappa shape index (κ2) is 5.64. The molecule has 0 saturated heterocycles. The van der Waals surface area contributed by atoms with Gasteiger partial charge in [-0.05, 0) is 13.0 Å². The fourth-order valence-corrected chi connectivity index (χ4v) is 1.60. The van der Waals surface area contributed by atoms with Crippen molar-refractivity contribution >= 4 is 11.7 Å². The summed E-state index contributed by atoms with van der Waals surface area (Å²) < 4.78 is 28.3. The number of rotatable bonds is 4. The zero-order valence-electron chi connectivity index (χ0n) is 10.9. The maximum Gasteiger partial charge on any atom is 0.271 e. The van der Waals surface area contributed by atoms with E-state index in [2.05, 4.69) is 20.7 Å². The van der Waals surface area contributed by atoms with Crippen LogP contribution in [0, 0.1) is 11.6 Å². The molecule has 6 nitrogen and oxygen atoms in total. The molecule has 0 saturated carbocycles. The normalized spacial score (nSPS) is 10.4. The van der Waals surface area contributed by atoms with Gasteiger partial charge in [0.05, 0.1) is 0 Å². The van der Waals surface area contributed by atoms with Crippen LogP contribution in [0.5, 0.6) is 0 Å². The molecule has 0 bridgehead atoms. The minimum atomic E-state index is -0.865. The Morgan fingerprint density at radius 3 is 2.80 bits per heavy atom. The van der Waals surface area contributed by atoms with Crippen LogP contribution >= 0.6 is 0 Å². The number of carbonyl (C=O) groups is 1. The summed E-state index contributed by atoms with van der Waals surface area (Å²) in [4.78, 5) is 15.2. The van der Waals surface area contributed by atoms with E-state index in [0.29, 0.717) is 6.54 Å². The van der Waals surface area contributed by atoms with Gasteiger partial charge in [0.15, 0.2) is 29.0 Å². The molecule has 2 N–H and O–H groups in total. The number of nitrogens with one attached hydrogen (secondary N) is 2.